The van der Waals surface area contributed by atoms with Crippen LogP contribution >= 0.6 is 22.9 Å². The van der Waals surface area contributed by atoms with Gasteiger partial charge in [-0.2, -0.15) is 5.26 Å². The highest BCUT2D eigenvalue weighted by molar-refractivity contribution is 7.16. The van der Waals surface area contributed by atoms with Crippen molar-refractivity contribution < 1.29 is 0 Å². The zero-order valence-corrected chi connectivity index (χ0v) is 10.4. The molecule has 4 heteroatoms. The maximum atomic E-state index is 8.58. The van der Waals surface area contributed by atoms with E-state index in [4.69, 9.17) is 16.9 Å². The number of nitrogens with zero attached hydrogens (tertiary/aromatic N) is 1. The van der Waals surface area contributed by atoms with Crippen molar-refractivity contribution in [3.63, 3.8) is 0 Å². The fourth-order valence-electron chi connectivity index (χ4n) is 1.36. The van der Waals surface area contributed by atoms with Gasteiger partial charge in [0.25, 0.3) is 0 Å². The smallest absolute Gasteiger partial charge is 0.0931 e. The maximum Gasteiger partial charge on any atom is 0.0931 e. The summed E-state index contributed by atoms with van der Waals surface area (Å²) >= 11 is 7.45. The molecule has 0 bridgehead atoms. The zero-order chi connectivity index (χ0) is 11.1. The molecule has 1 unspecified atom stereocenters. The minimum atomic E-state index is 0.324. The molecule has 1 aromatic rings. The fraction of sp³-hybridized carbons (Fsp3) is 0.545. The molecular weight excluding hydrogens is 228 g/mol. The van der Waals surface area contributed by atoms with Crippen LogP contribution in [0.4, 0.5) is 0 Å². The average molecular weight is 243 g/mol. The molecule has 0 saturated carbocycles. The van der Waals surface area contributed by atoms with E-state index in [1.54, 1.807) is 11.3 Å². The first-order chi connectivity index (χ1) is 7.26. The van der Waals surface area contributed by atoms with Gasteiger partial charge in [-0.25, -0.2) is 0 Å². The molecule has 0 amide bonds. The first-order valence-corrected chi connectivity index (χ1v) is 6.30. The van der Waals surface area contributed by atoms with Crippen LogP contribution in [0.2, 0.25) is 4.34 Å². The lowest BCUT2D eigenvalue weighted by molar-refractivity contribution is 0.510. The van der Waals surface area contributed by atoms with Gasteiger partial charge in [0, 0.05) is 17.5 Å². The lowest BCUT2D eigenvalue weighted by Crippen LogP contribution is -2.29. The SMILES string of the molecule is CCC(CC#N)NCCc1ccc(Cl)s1. The molecule has 0 aliphatic rings. The van der Waals surface area contributed by atoms with Gasteiger partial charge in [-0.3, -0.25) is 0 Å². The first kappa shape index (κ1) is 12.5. The number of hydrogen-bond donors (Lipinski definition) is 1. The summed E-state index contributed by atoms with van der Waals surface area (Å²) in [6, 6.07) is 6.50. The molecule has 0 spiro atoms. The number of rotatable bonds is 6. The Morgan fingerprint density at radius 3 is 2.93 bits per heavy atom. The average Bonchev–Trinajstić information content (AvgIpc) is 2.63. The topological polar surface area (TPSA) is 35.8 Å². The number of thiophene rings is 1. The van der Waals surface area contributed by atoms with Crippen LogP contribution in [0, 0.1) is 11.3 Å². The quantitative estimate of drug-likeness (QED) is 0.832. The molecule has 0 aliphatic heterocycles. The fourth-order valence-corrected chi connectivity index (χ4v) is 2.44. The third-order valence-electron chi connectivity index (χ3n) is 2.26. The van der Waals surface area contributed by atoms with Crippen LogP contribution in [0.3, 0.4) is 0 Å². The van der Waals surface area contributed by atoms with Crippen molar-refractivity contribution in [2.24, 2.45) is 0 Å². The molecule has 0 saturated heterocycles. The lowest BCUT2D eigenvalue weighted by atomic mass is 10.1. The van der Waals surface area contributed by atoms with Crippen molar-refractivity contribution in [1.82, 2.24) is 5.32 Å². The van der Waals surface area contributed by atoms with Gasteiger partial charge in [0.05, 0.1) is 16.8 Å². The predicted molar refractivity (Wildman–Crippen MR) is 65.3 cm³/mol. The summed E-state index contributed by atoms with van der Waals surface area (Å²) in [5.41, 5.74) is 0. The lowest BCUT2D eigenvalue weighted by Gasteiger charge is -2.12. The second-order valence-electron chi connectivity index (χ2n) is 3.38. The minimum absolute atomic E-state index is 0.324. The molecule has 82 valence electrons. The van der Waals surface area contributed by atoms with Crippen LogP contribution < -0.4 is 5.32 Å². The van der Waals surface area contributed by atoms with Gasteiger partial charge in [0.15, 0.2) is 0 Å². The number of nitriles is 1. The Kier molecular flexibility index (Phi) is 5.70. The molecule has 1 rings (SSSR count). The van der Waals surface area contributed by atoms with E-state index in [0.29, 0.717) is 12.5 Å². The Labute approximate surface area is 99.9 Å². The summed E-state index contributed by atoms with van der Waals surface area (Å²) in [5, 5.41) is 12.0. The summed E-state index contributed by atoms with van der Waals surface area (Å²) < 4.78 is 0.842. The van der Waals surface area contributed by atoms with E-state index < -0.39 is 0 Å². The van der Waals surface area contributed by atoms with Crippen molar-refractivity contribution in [1.29, 1.82) is 5.26 Å². The van der Waals surface area contributed by atoms with Crippen molar-refractivity contribution in [3.8, 4) is 6.07 Å². The molecule has 2 nitrogen and oxygen atoms in total. The van der Waals surface area contributed by atoms with E-state index in [1.165, 1.54) is 4.88 Å². The summed E-state index contributed by atoms with van der Waals surface area (Å²) in [7, 11) is 0. The Morgan fingerprint density at radius 2 is 2.40 bits per heavy atom. The van der Waals surface area contributed by atoms with Gasteiger partial charge >= 0.3 is 0 Å². The summed E-state index contributed by atoms with van der Waals surface area (Å²) in [5.74, 6) is 0. The highest BCUT2D eigenvalue weighted by atomic mass is 35.5. The largest absolute Gasteiger partial charge is 0.313 e. The van der Waals surface area contributed by atoms with E-state index >= 15 is 0 Å². The molecule has 1 aromatic heterocycles. The van der Waals surface area contributed by atoms with Gasteiger partial charge in [0.2, 0.25) is 0 Å². The molecule has 0 aliphatic carbocycles. The van der Waals surface area contributed by atoms with Crippen molar-refractivity contribution in [2.75, 3.05) is 6.54 Å². The first-order valence-electron chi connectivity index (χ1n) is 5.10. The van der Waals surface area contributed by atoms with Crippen LogP contribution in [0.1, 0.15) is 24.6 Å². The minimum Gasteiger partial charge on any atom is -0.313 e. The summed E-state index contributed by atoms with van der Waals surface area (Å²) in [4.78, 5) is 1.29. The molecule has 1 heterocycles. The molecular formula is C11H15ClN2S. The highest BCUT2D eigenvalue weighted by Crippen LogP contribution is 2.21. The van der Waals surface area contributed by atoms with Gasteiger partial charge in [-0.15, -0.1) is 11.3 Å². The standard InChI is InChI=1S/C11H15ClN2S/c1-2-9(5-7-13)14-8-6-10-3-4-11(12)15-10/h3-4,9,14H,2,5-6,8H2,1H3. The Bertz CT molecular complexity index is 330. The third-order valence-corrected chi connectivity index (χ3v) is 3.55. The second kappa shape index (κ2) is 6.84. The highest BCUT2D eigenvalue weighted by Gasteiger charge is 2.04. The van der Waals surface area contributed by atoms with Crippen LogP contribution in [-0.2, 0) is 6.42 Å². The molecule has 1 atom stereocenters. The Hall–Kier alpha value is -0.560. The normalized spacial score (nSPS) is 12.3. The van der Waals surface area contributed by atoms with Gasteiger partial charge in [-0.05, 0) is 25.0 Å². The predicted octanol–water partition coefficient (Wildman–Crippen LogP) is 3.23. The molecule has 1 N–H and O–H groups in total. The van der Waals surface area contributed by atoms with Crippen LogP contribution in [0.25, 0.3) is 0 Å². The molecule has 15 heavy (non-hydrogen) atoms. The van der Waals surface area contributed by atoms with E-state index in [1.807, 2.05) is 6.07 Å². The van der Waals surface area contributed by atoms with Crippen LogP contribution in [-0.4, -0.2) is 12.6 Å². The van der Waals surface area contributed by atoms with Gasteiger partial charge in [0.1, 0.15) is 0 Å². The van der Waals surface area contributed by atoms with E-state index in [9.17, 15) is 0 Å². The monoisotopic (exact) mass is 242 g/mol. The Balaban J connectivity index is 2.23. The Morgan fingerprint density at radius 1 is 1.60 bits per heavy atom. The molecule has 0 aromatic carbocycles. The number of halogens is 1. The zero-order valence-electron chi connectivity index (χ0n) is 8.79. The molecule has 0 fully saturated rings. The number of hydrogen-bond acceptors (Lipinski definition) is 3. The summed E-state index contributed by atoms with van der Waals surface area (Å²) in [6.45, 7) is 3.01. The second-order valence-corrected chi connectivity index (χ2v) is 5.18. The van der Waals surface area contributed by atoms with Crippen molar-refractivity contribution in [3.05, 3.63) is 21.3 Å². The number of nitrogens with one attached hydrogen (secondary N) is 1. The summed E-state index contributed by atoms with van der Waals surface area (Å²) in [6.07, 6.45) is 2.57. The third kappa shape index (κ3) is 4.65. The van der Waals surface area contributed by atoms with Crippen LogP contribution in [0.5, 0.6) is 0 Å². The van der Waals surface area contributed by atoms with Crippen molar-refractivity contribution >= 4 is 22.9 Å². The van der Waals surface area contributed by atoms with E-state index in [0.717, 1.165) is 23.7 Å². The van der Waals surface area contributed by atoms with E-state index in [2.05, 4.69) is 24.4 Å². The van der Waals surface area contributed by atoms with Crippen LogP contribution in [0.15, 0.2) is 12.1 Å². The van der Waals surface area contributed by atoms with Crippen molar-refractivity contribution in [2.45, 2.75) is 32.2 Å². The molecule has 0 radical (unpaired) electrons. The van der Waals surface area contributed by atoms with Gasteiger partial charge < -0.3 is 5.32 Å². The van der Waals surface area contributed by atoms with E-state index in [-0.39, 0.29) is 0 Å². The van der Waals surface area contributed by atoms with Gasteiger partial charge in [-0.1, -0.05) is 18.5 Å². The maximum absolute atomic E-state index is 8.58.